The van der Waals surface area contributed by atoms with Crippen LogP contribution in [0.4, 0.5) is 0 Å². The highest BCUT2D eigenvalue weighted by atomic mass is 32.2. The average Bonchev–Trinajstić information content (AvgIpc) is 2.40. The van der Waals surface area contributed by atoms with E-state index < -0.39 is 26.3 Å². The normalized spacial score (nSPS) is 13.9. The first-order chi connectivity index (χ1) is 10.2. The molecule has 0 saturated heterocycles. The summed E-state index contributed by atoms with van der Waals surface area (Å²) in [6.07, 6.45) is 7.07. The highest BCUT2D eigenvalue weighted by molar-refractivity contribution is 7.86. The lowest BCUT2D eigenvalue weighted by atomic mass is 10.1. The Morgan fingerprint density at radius 1 is 1.09 bits per heavy atom. The summed E-state index contributed by atoms with van der Waals surface area (Å²) >= 11 is 0. The van der Waals surface area contributed by atoms with Crippen molar-refractivity contribution >= 4 is 20.2 Å². The summed E-state index contributed by atoms with van der Waals surface area (Å²) in [6, 6.07) is 3.48. The number of hydrogen-bond acceptors (Lipinski definition) is 7. The fourth-order valence-electron chi connectivity index (χ4n) is 1.87. The van der Waals surface area contributed by atoms with E-state index in [4.69, 9.17) is 4.18 Å². The smallest absolute Gasteiger partial charge is 0.264 e. The van der Waals surface area contributed by atoms with Crippen molar-refractivity contribution in [2.75, 3.05) is 19.1 Å². The molecule has 0 aliphatic heterocycles. The Balaban J connectivity index is 2.46. The lowest BCUT2D eigenvalue weighted by molar-refractivity contribution is 0.198. The van der Waals surface area contributed by atoms with Crippen LogP contribution >= 0.6 is 0 Å². The summed E-state index contributed by atoms with van der Waals surface area (Å²) in [5, 5.41) is 0. The molecular weight excluding hydrogens is 330 g/mol. The lowest BCUT2D eigenvalue weighted by Crippen LogP contribution is -2.11. The van der Waals surface area contributed by atoms with E-state index >= 15 is 0 Å². The van der Waals surface area contributed by atoms with Crippen LogP contribution in [0.5, 0.6) is 0 Å². The molecule has 1 rings (SSSR count). The van der Waals surface area contributed by atoms with Gasteiger partial charge in [0.15, 0.2) is 0 Å². The lowest BCUT2D eigenvalue weighted by Gasteiger charge is -2.16. The SMILES string of the molecule is CS(=O)(=O)OCCCCCC(OS(C)(=O)=O)c1cccnc1. The number of rotatable bonds is 10. The Labute approximate surface area is 131 Å². The molecule has 0 aliphatic rings. The van der Waals surface area contributed by atoms with Gasteiger partial charge in [0.1, 0.15) is 6.10 Å². The molecule has 0 bridgehead atoms. The van der Waals surface area contributed by atoms with Crippen molar-refractivity contribution in [2.24, 2.45) is 0 Å². The number of aromatic nitrogens is 1. The molecule has 0 saturated carbocycles. The molecule has 22 heavy (non-hydrogen) atoms. The zero-order valence-corrected chi connectivity index (χ0v) is 14.3. The molecule has 1 atom stereocenters. The Kier molecular flexibility index (Phi) is 7.40. The van der Waals surface area contributed by atoms with E-state index in [0.29, 0.717) is 31.2 Å². The van der Waals surface area contributed by atoms with Gasteiger partial charge in [-0.05, 0) is 18.9 Å². The minimum Gasteiger partial charge on any atom is -0.270 e. The standard InChI is InChI=1S/C13H21NO6S2/c1-21(15,16)19-10-5-3-4-8-13(20-22(2,17)18)12-7-6-9-14-11-12/h6-7,9,11,13H,3-5,8,10H2,1-2H3. The van der Waals surface area contributed by atoms with Crippen molar-refractivity contribution in [3.05, 3.63) is 30.1 Å². The molecule has 0 aliphatic carbocycles. The van der Waals surface area contributed by atoms with Crippen LogP contribution in [-0.2, 0) is 28.6 Å². The van der Waals surface area contributed by atoms with Crippen LogP contribution in [0.15, 0.2) is 24.5 Å². The van der Waals surface area contributed by atoms with Gasteiger partial charge in [0.2, 0.25) is 0 Å². The van der Waals surface area contributed by atoms with E-state index in [2.05, 4.69) is 9.17 Å². The zero-order chi connectivity index (χ0) is 16.6. The van der Waals surface area contributed by atoms with E-state index in [0.717, 1.165) is 12.5 Å². The van der Waals surface area contributed by atoms with Crippen molar-refractivity contribution in [2.45, 2.75) is 31.8 Å². The average molecular weight is 351 g/mol. The Bertz CT molecular complexity index is 642. The second kappa shape index (κ2) is 8.56. The molecule has 7 nitrogen and oxygen atoms in total. The van der Waals surface area contributed by atoms with E-state index in [-0.39, 0.29) is 6.61 Å². The first-order valence-corrected chi connectivity index (χ1v) is 10.4. The molecule has 1 aromatic rings. The van der Waals surface area contributed by atoms with Crippen LogP contribution in [0.25, 0.3) is 0 Å². The molecular formula is C13H21NO6S2. The van der Waals surface area contributed by atoms with E-state index in [1.54, 1.807) is 24.5 Å². The summed E-state index contributed by atoms with van der Waals surface area (Å²) in [7, 11) is -6.98. The maximum absolute atomic E-state index is 11.3. The quantitative estimate of drug-likeness (QED) is 0.466. The molecule has 0 spiro atoms. The van der Waals surface area contributed by atoms with Gasteiger partial charge in [-0.25, -0.2) is 0 Å². The summed E-state index contributed by atoms with van der Waals surface area (Å²) in [5.41, 5.74) is 0.695. The van der Waals surface area contributed by atoms with Crippen molar-refractivity contribution in [3.63, 3.8) is 0 Å². The minimum atomic E-state index is -3.57. The molecule has 0 N–H and O–H groups in total. The monoisotopic (exact) mass is 351 g/mol. The van der Waals surface area contributed by atoms with Crippen molar-refractivity contribution < 1.29 is 25.2 Å². The van der Waals surface area contributed by atoms with Gasteiger partial charge < -0.3 is 0 Å². The fourth-order valence-corrected chi connectivity index (χ4v) is 2.92. The molecule has 0 radical (unpaired) electrons. The zero-order valence-electron chi connectivity index (χ0n) is 12.6. The summed E-state index contributed by atoms with van der Waals surface area (Å²) in [5.74, 6) is 0. The van der Waals surface area contributed by atoms with E-state index in [1.165, 1.54) is 0 Å². The van der Waals surface area contributed by atoms with Gasteiger partial charge in [0.25, 0.3) is 20.2 Å². The predicted octanol–water partition coefficient (Wildman–Crippen LogP) is 1.64. The van der Waals surface area contributed by atoms with Crippen LogP contribution < -0.4 is 0 Å². The first kappa shape index (κ1) is 19.0. The van der Waals surface area contributed by atoms with Gasteiger partial charge in [0, 0.05) is 18.0 Å². The number of nitrogens with zero attached hydrogens (tertiary/aromatic N) is 1. The summed E-state index contributed by atoms with van der Waals surface area (Å²) in [4.78, 5) is 3.96. The van der Waals surface area contributed by atoms with Gasteiger partial charge in [-0.3, -0.25) is 13.4 Å². The topological polar surface area (TPSA) is 99.6 Å². The maximum Gasteiger partial charge on any atom is 0.264 e. The van der Waals surface area contributed by atoms with E-state index in [1.807, 2.05) is 0 Å². The van der Waals surface area contributed by atoms with Gasteiger partial charge in [-0.2, -0.15) is 16.8 Å². The van der Waals surface area contributed by atoms with Gasteiger partial charge in [-0.1, -0.05) is 18.9 Å². The third-order valence-corrected chi connectivity index (χ3v) is 3.93. The van der Waals surface area contributed by atoms with Gasteiger partial charge in [0.05, 0.1) is 19.1 Å². The second-order valence-corrected chi connectivity index (χ2v) is 8.20. The fraction of sp³-hybridized carbons (Fsp3) is 0.615. The molecule has 1 aromatic heterocycles. The third kappa shape index (κ3) is 9.08. The molecule has 1 heterocycles. The van der Waals surface area contributed by atoms with E-state index in [9.17, 15) is 16.8 Å². The van der Waals surface area contributed by atoms with Gasteiger partial charge >= 0.3 is 0 Å². The number of unbranched alkanes of at least 4 members (excludes halogenated alkanes) is 2. The van der Waals surface area contributed by atoms with Crippen molar-refractivity contribution in [1.29, 1.82) is 0 Å². The first-order valence-electron chi connectivity index (χ1n) is 6.80. The summed E-state index contributed by atoms with van der Waals surface area (Å²) in [6.45, 7) is 0.128. The molecule has 126 valence electrons. The Morgan fingerprint density at radius 3 is 2.36 bits per heavy atom. The number of pyridine rings is 1. The third-order valence-electron chi connectivity index (χ3n) is 2.76. The predicted molar refractivity (Wildman–Crippen MR) is 82.2 cm³/mol. The maximum atomic E-state index is 11.3. The number of hydrogen-bond donors (Lipinski definition) is 0. The minimum absolute atomic E-state index is 0.128. The molecule has 1 unspecified atom stereocenters. The Morgan fingerprint density at radius 2 is 1.82 bits per heavy atom. The van der Waals surface area contributed by atoms with Crippen LogP contribution in [0, 0.1) is 0 Å². The van der Waals surface area contributed by atoms with Crippen molar-refractivity contribution in [3.8, 4) is 0 Å². The molecule has 9 heteroatoms. The second-order valence-electron chi connectivity index (χ2n) is 4.95. The van der Waals surface area contributed by atoms with Crippen LogP contribution in [-0.4, -0.2) is 40.9 Å². The summed E-state index contributed by atoms with van der Waals surface area (Å²) < 4.78 is 54.0. The van der Waals surface area contributed by atoms with Crippen molar-refractivity contribution in [1.82, 2.24) is 4.98 Å². The Hall–Kier alpha value is -1.03. The highest BCUT2D eigenvalue weighted by Gasteiger charge is 2.17. The highest BCUT2D eigenvalue weighted by Crippen LogP contribution is 2.24. The largest absolute Gasteiger partial charge is 0.270 e. The molecule has 0 fully saturated rings. The van der Waals surface area contributed by atoms with Gasteiger partial charge in [-0.15, -0.1) is 0 Å². The van der Waals surface area contributed by atoms with Crippen LogP contribution in [0.2, 0.25) is 0 Å². The van der Waals surface area contributed by atoms with Crippen LogP contribution in [0.1, 0.15) is 37.4 Å². The molecule has 0 aromatic carbocycles. The molecule has 0 amide bonds. The van der Waals surface area contributed by atoms with Crippen LogP contribution in [0.3, 0.4) is 0 Å².